The van der Waals surface area contributed by atoms with Crippen molar-refractivity contribution in [1.29, 1.82) is 0 Å². The van der Waals surface area contributed by atoms with E-state index < -0.39 is 10.0 Å². The average Bonchev–Trinajstić information content (AvgIpc) is 2.97. The van der Waals surface area contributed by atoms with Gasteiger partial charge in [-0.15, -0.1) is 11.3 Å². The van der Waals surface area contributed by atoms with Crippen LogP contribution in [-0.2, 0) is 30.2 Å². The van der Waals surface area contributed by atoms with E-state index in [9.17, 15) is 8.42 Å². The molecule has 0 bridgehead atoms. The van der Waals surface area contributed by atoms with Crippen LogP contribution in [0.4, 0.5) is 0 Å². The molecule has 0 radical (unpaired) electrons. The van der Waals surface area contributed by atoms with Gasteiger partial charge in [0.2, 0.25) is 10.0 Å². The summed E-state index contributed by atoms with van der Waals surface area (Å²) in [5, 5.41) is 9.29. The summed E-state index contributed by atoms with van der Waals surface area (Å²) in [5.41, 5.74) is 1.86. The first-order valence-electron chi connectivity index (χ1n) is 6.81. The Bertz CT molecular complexity index is 716. The van der Waals surface area contributed by atoms with Gasteiger partial charge in [-0.05, 0) is 29.9 Å². The van der Waals surface area contributed by atoms with Crippen molar-refractivity contribution in [3.05, 3.63) is 35.0 Å². The quantitative estimate of drug-likeness (QED) is 0.802. The smallest absolute Gasteiger partial charge is 0.250 e. The minimum atomic E-state index is -3.45. The Labute approximate surface area is 128 Å². The molecule has 21 heavy (non-hydrogen) atoms. The van der Waals surface area contributed by atoms with Gasteiger partial charge in [0.25, 0.3) is 0 Å². The van der Waals surface area contributed by atoms with Gasteiger partial charge in [-0.1, -0.05) is 0 Å². The molecule has 3 rings (SSSR count). The van der Waals surface area contributed by atoms with Crippen LogP contribution in [0.1, 0.15) is 24.0 Å². The van der Waals surface area contributed by atoms with E-state index in [-0.39, 0.29) is 6.54 Å². The van der Waals surface area contributed by atoms with Crippen LogP contribution >= 0.6 is 11.3 Å². The zero-order chi connectivity index (χ0) is 14.9. The van der Waals surface area contributed by atoms with Crippen LogP contribution in [0.25, 0.3) is 0 Å². The van der Waals surface area contributed by atoms with Crippen molar-refractivity contribution in [2.75, 3.05) is 0 Å². The molecule has 2 aromatic heterocycles. The lowest BCUT2D eigenvalue weighted by atomic mass is 10.3. The molecule has 1 aliphatic carbocycles. The van der Waals surface area contributed by atoms with Crippen molar-refractivity contribution in [2.24, 2.45) is 7.05 Å². The Morgan fingerprint density at radius 1 is 1.38 bits per heavy atom. The molecule has 6 nitrogen and oxygen atoms in total. The summed E-state index contributed by atoms with van der Waals surface area (Å²) in [6.07, 6.45) is 5.90. The van der Waals surface area contributed by atoms with Crippen molar-refractivity contribution >= 4 is 21.4 Å². The maximum atomic E-state index is 12.2. The molecule has 0 aromatic carbocycles. The van der Waals surface area contributed by atoms with Gasteiger partial charge in [0.1, 0.15) is 4.21 Å². The van der Waals surface area contributed by atoms with Crippen molar-refractivity contribution in [3.63, 3.8) is 0 Å². The number of hydrogen-bond acceptors (Lipinski definition) is 5. The summed E-state index contributed by atoms with van der Waals surface area (Å²) >= 11 is 1.26. The highest BCUT2D eigenvalue weighted by atomic mass is 32.2. The number of aryl methyl sites for hydroxylation is 1. The van der Waals surface area contributed by atoms with Gasteiger partial charge in [0.15, 0.2) is 0 Å². The summed E-state index contributed by atoms with van der Waals surface area (Å²) in [7, 11) is -1.65. The third-order valence-corrected chi connectivity index (χ3v) is 6.18. The van der Waals surface area contributed by atoms with E-state index in [0.717, 1.165) is 17.7 Å². The van der Waals surface area contributed by atoms with Crippen LogP contribution < -0.4 is 10.0 Å². The molecule has 8 heteroatoms. The van der Waals surface area contributed by atoms with E-state index in [0.29, 0.717) is 10.3 Å². The molecule has 1 aliphatic rings. The molecule has 2 heterocycles. The summed E-state index contributed by atoms with van der Waals surface area (Å²) in [4.78, 5) is 0. The molecule has 0 atom stereocenters. The van der Waals surface area contributed by atoms with Gasteiger partial charge >= 0.3 is 0 Å². The Kier molecular flexibility index (Phi) is 4.12. The van der Waals surface area contributed by atoms with Crippen LogP contribution in [0, 0.1) is 0 Å². The maximum Gasteiger partial charge on any atom is 0.250 e. The lowest BCUT2D eigenvalue weighted by Crippen LogP contribution is -2.22. The first-order chi connectivity index (χ1) is 10.0. The fourth-order valence-corrected chi connectivity index (χ4v) is 4.22. The molecular weight excluding hydrogens is 308 g/mol. The molecule has 0 spiro atoms. The molecule has 1 fully saturated rings. The molecule has 0 unspecified atom stereocenters. The van der Waals surface area contributed by atoms with Crippen molar-refractivity contribution in [1.82, 2.24) is 19.8 Å². The number of aromatic nitrogens is 2. The molecule has 2 N–H and O–H groups in total. The summed E-state index contributed by atoms with van der Waals surface area (Å²) in [6, 6.07) is 2.36. The van der Waals surface area contributed by atoms with Crippen molar-refractivity contribution < 1.29 is 8.42 Å². The van der Waals surface area contributed by atoms with Gasteiger partial charge in [0, 0.05) is 37.9 Å². The topological polar surface area (TPSA) is 76.0 Å². The molecule has 2 aromatic rings. The Morgan fingerprint density at radius 2 is 2.19 bits per heavy atom. The lowest BCUT2D eigenvalue weighted by molar-refractivity contribution is 0.583. The number of sulfonamides is 1. The van der Waals surface area contributed by atoms with Gasteiger partial charge in [0.05, 0.1) is 6.20 Å². The number of rotatable bonds is 7. The Hall–Kier alpha value is -1.22. The fourth-order valence-electron chi connectivity index (χ4n) is 1.95. The largest absolute Gasteiger partial charge is 0.310 e. The highest BCUT2D eigenvalue weighted by Crippen LogP contribution is 2.23. The monoisotopic (exact) mass is 326 g/mol. The first-order valence-corrected chi connectivity index (χ1v) is 9.17. The highest BCUT2D eigenvalue weighted by Gasteiger charge is 2.21. The molecule has 1 saturated carbocycles. The summed E-state index contributed by atoms with van der Waals surface area (Å²) in [6.45, 7) is 0.989. The zero-order valence-corrected chi connectivity index (χ0v) is 13.4. The molecular formula is C13H18N4O2S2. The SMILES string of the molecule is Cn1cc(CNS(=O)(=O)c2cc(CNC3CC3)cs2)cn1. The van der Waals surface area contributed by atoms with Gasteiger partial charge in [-0.25, -0.2) is 13.1 Å². The molecule has 114 valence electrons. The van der Waals surface area contributed by atoms with Gasteiger partial charge in [-0.2, -0.15) is 5.10 Å². The third kappa shape index (κ3) is 3.91. The zero-order valence-electron chi connectivity index (χ0n) is 11.7. The number of nitrogens with one attached hydrogen (secondary N) is 2. The predicted octanol–water partition coefficient (Wildman–Crippen LogP) is 1.21. The molecule has 0 aliphatic heterocycles. The molecule has 0 amide bonds. The summed E-state index contributed by atoms with van der Waals surface area (Å²) < 4.78 is 29.1. The Morgan fingerprint density at radius 3 is 2.86 bits per heavy atom. The van der Waals surface area contributed by atoms with Crippen LogP contribution in [-0.4, -0.2) is 24.2 Å². The van der Waals surface area contributed by atoms with Crippen molar-refractivity contribution in [2.45, 2.75) is 36.2 Å². The van der Waals surface area contributed by atoms with Gasteiger partial charge in [-0.3, -0.25) is 4.68 Å². The fraction of sp³-hybridized carbons (Fsp3) is 0.462. The van der Waals surface area contributed by atoms with E-state index in [1.807, 2.05) is 5.38 Å². The standard InChI is InChI=1S/C13H18N4O2S2/c1-17-8-11(6-15-17)7-16-21(18,19)13-4-10(9-20-13)5-14-12-2-3-12/h4,6,8-9,12,14,16H,2-3,5,7H2,1H3. The number of nitrogens with zero attached hydrogens (tertiary/aromatic N) is 2. The highest BCUT2D eigenvalue weighted by molar-refractivity contribution is 7.91. The lowest BCUT2D eigenvalue weighted by Gasteiger charge is -2.02. The summed E-state index contributed by atoms with van der Waals surface area (Å²) in [5.74, 6) is 0. The Balaban J connectivity index is 1.60. The minimum Gasteiger partial charge on any atom is -0.310 e. The second-order valence-corrected chi connectivity index (χ2v) is 8.18. The second kappa shape index (κ2) is 5.88. The minimum absolute atomic E-state index is 0.254. The van der Waals surface area contributed by atoms with E-state index in [1.54, 1.807) is 30.2 Å². The predicted molar refractivity (Wildman–Crippen MR) is 81.4 cm³/mol. The number of thiophene rings is 1. The van der Waals surface area contributed by atoms with Gasteiger partial charge < -0.3 is 5.32 Å². The normalized spacial score (nSPS) is 15.5. The second-order valence-electron chi connectivity index (χ2n) is 5.28. The van der Waals surface area contributed by atoms with E-state index in [2.05, 4.69) is 15.1 Å². The van der Waals surface area contributed by atoms with Crippen LogP contribution in [0.5, 0.6) is 0 Å². The van der Waals surface area contributed by atoms with E-state index in [1.165, 1.54) is 24.2 Å². The molecule has 0 saturated heterocycles. The van der Waals surface area contributed by atoms with E-state index in [4.69, 9.17) is 0 Å². The van der Waals surface area contributed by atoms with Crippen molar-refractivity contribution in [3.8, 4) is 0 Å². The maximum absolute atomic E-state index is 12.2. The average molecular weight is 326 g/mol. The third-order valence-electron chi connectivity index (χ3n) is 3.29. The van der Waals surface area contributed by atoms with Crippen LogP contribution in [0.3, 0.4) is 0 Å². The van der Waals surface area contributed by atoms with E-state index >= 15 is 0 Å². The van der Waals surface area contributed by atoms with Crippen LogP contribution in [0.2, 0.25) is 0 Å². The first kappa shape index (κ1) is 14.7. The van der Waals surface area contributed by atoms with Crippen LogP contribution in [0.15, 0.2) is 28.0 Å². The number of hydrogen-bond donors (Lipinski definition) is 2.